The molecule has 27 heavy (non-hydrogen) atoms. The number of hydrogen-bond acceptors (Lipinski definition) is 3. The Morgan fingerprint density at radius 1 is 1.07 bits per heavy atom. The van der Waals surface area contributed by atoms with Gasteiger partial charge in [0, 0.05) is 22.3 Å². The highest BCUT2D eigenvalue weighted by molar-refractivity contribution is 6.30. The molecule has 138 valence electrons. The van der Waals surface area contributed by atoms with E-state index in [0.717, 1.165) is 16.7 Å². The third-order valence-corrected chi connectivity index (χ3v) is 4.60. The molecule has 3 rings (SSSR count). The molecule has 0 aliphatic heterocycles. The first kappa shape index (κ1) is 18.9. The van der Waals surface area contributed by atoms with Gasteiger partial charge in [-0.15, -0.1) is 0 Å². The van der Waals surface area contributed by atoms with E-state index in [1.165, 1.54) is 10.7 Å². The summed E-state index contributed by atoms with van der Waals surface area (Å²) in [7, 11) is 0. The summed E-state index contributed by atoms with van der Waals surface area (Å²) in [6.45, 7) is 5.64. The van der Waals surface area contributed by atoms with Crippen molar-refractivity contribution in [2.45, 2.75) is 26.8 Å². The zero-order valence-electron chi connectivity index (χ0n) is 15.4. The maximum absolute atomic E-state index is 12.6. The first-order chi connectivity index (χ1) is 12.8. The highest BCUT2D eigenvalue weighted by Crippen LogP contribution is 2.22. The molecule has 0 saturated carbocycles. The van der Waals surface area contributed by atoms with Crippen molar-refractivity contribution < 1.29 is 4.79 Å². The second-order valence-electron chi connectivity index (χ2n) is 6.49. The fourth-order valence-electron chi connectivity index (χ4n) is 2.75. The van der Waals surface area contributed by atoms with Crippen molar-refractivity contribution in [2.24, 2.45) is 0 Å². The fraction of sp³-hybridized carbons (Fsp3) is 0.190. The number of aryl methyl sites for hydroxylation is 2. The molecule has 1 amide bonds. The van der Waals surface area contributed by atoms with Crippen molar-refractivity contribution in [1.29, 1.82) is 0 Å². The topological polar surface area (TPSA) is 64.0 Å². The third-order valence-electron chi connectivity index (χ3n) is 4.35. The van der Waals surface area contributed by atoms with Gasteiger partial charge in [-0.25, -0.2) is 4.68 Å². The molecule has 2 aromatic carbocycles. The lowest BCUT2D eigenvalue weighted by Gasteiger charge is -2.16. The third kappa shape index (κ3) is 4.26. The van der Waals surface area contributed by atoms with Crippen molar-refractivity contribution in [2.75, 3.05) is 5.32 Å². The van der Waals surface area contributed by atoms with Gasteiger partial charge in [-0.1, -0.05) is 29.3 Å². The van der Waals surface area contributed by atoms with Gasteiger partial charge in [0.1, 0.15) is 6.04 Å². The molecule has 6 heteroatoms. The van der Waals surface area contributed by atoms with E-state index in [2.05, 4.69) is 10.4 Å². The van der Waals surface area contributed by atoms with Crippen LogP contribution in [0.1, 0.15) is 24.1 Å². The Labute approximate surface area is 162 Å². The maximum Gasteiger partial charge on any atom is 0.267 e. The first-order valence-corrected chi connectivity index (χ1v) is 8.97. The number of aromatic nitrogens is 2. The number of nitrogens with zero attached hydrogens (tertiary/aromatic N) is 2. The van der Waals surface area contributed by atoms with Gasteiger partial charge in [-0.2, -0.15) is 5.10 Å². The van der Waals surface area contributed by atoms with E-state index in [1.807, 2.05) is 32.0 Å². The Kier molecular flexibility index (Phi) is 5.42. The quantitative estimate of drug-likeness (QED) is 0.729. The van der Waals surface area contributed by atoms with E-state index in [1.54, 1.807) is 37.3 Å². The van der Waals surface area contributed by atoms with Gasteiger partial charge < -0.3 is 5.32 Å². The SMILES string of the molecule is Cc1ccc(C)c(-c2ccc(=O)n([C@H](C)C(=O)Nc3ccc(Cl)cc3)n2)c1. The summed E-state index contributed by atoms with van der Waals surface area (Å²) >= 11 is 5.86. The lowest BCUT2D eigenvalue weighted by atomic mass is 10.0. The monoisotopic (exact) mass is 381 g/mol. The van der Waals surface area contributed by atoms with Crippen LogP contribution in [0.2, 0.25) is 5.02 Å². The number of anilines is 1. The van der Waals surface area contributed by atoms with Crippen LogP contribution in [0, 0.1) is 13.8 Å². The van der Waals surface area contributed by atoms with Gasteiger partial charge in [0.2, 0.25) is 5.91 Å². The minimum Gasteiger partial charge on any atom is -0.324 e. The largest absolute Gasteiger partial charge is 0.324 e. The van der Waals surface area contributed by atoms with Crippen LogP contribution in [0.4, 0.5) is 5.69 Å². The lowest BCUT2D eigenvalue weighted by Crippen LogP contribution is -2.33. The average molecular weight is 382 g/mol. The summed E-state index contributed by atoms with van der Waals surface area (Å²) in [5.41, 5.74) is 4.02. The van der Waals surface area contributed by atoms with Gasteiger partial charge >= 0.3 is 0 Å². The summed E-state index contributed by atoms with van der Waals surface area (Å²) in [6, 6.07) is 15.2. The smallest absolute Gasteiger partial charge is 0.267 e. The van der Waals surface area contributed by atoms with Crippen molar-refractivity contribution in [3.63, 3.8) is 0 Å². The molecule has 1 atom stereocenters. The molecular formula is C21H20ClN3O2. The van der Waals surface area contributed by atoms with Crippen molar-refractivity contribution in [1.82, 2.24) is 9.78 Å². The molecule has 1 heterocycles. The minimum atomic E-state index is -0.766. The zero-order chi connectivity index (χ0) is 19.6. The standard InChI is InChI=1S/C21H20ClN3O2/c1-13-4-5-14(2)18(12-13)19-10-11-20(26)25(24-19)15(3)21(27)23-17-8-6-16(22)7-9-17/h4-12,15H,1-3H3,(H,23,27)/t15-/m1/s1. The molecule has 0 aliphatic rings. The summed E-state index contributed by atoms with van der Waals surface area (Å²) in [5.74, 6) is -0.329. The van der Waals surface area contributed by atoms with Gasteiger partial charge in [0.25, 0.3) is 5.56 Å². The van der Waals surface area contributed by atoms with Gasteiger partial charge in [0.05, 0.1) is 5.69 Å². The number of nitrogens with one attached hydrogen (secondary N) is 1. The van der Waals surface area contributed by atoms with Crippen LogP contribution in [0.3, 0.4) is 0 Å². The summed E-state index contributed by atoms with van der Waals surface area (Å²) in [5, 5.41) is 7.80. The second kappa shape index (κ2) is 7.76. The van der Waals surface area contributed by atoms with E-state index in [4.69, 9.17) is 11.6 Å². The van der Waals surface area contributed by atoms with Crippen LogP contribution < -0.4 is 10.9 Å². The van der Waals surface area contributed by atoms with Crippen LogP contribution in [-0.2, 0) is 4.79 Å². The fourth-order valence-corrected chi connectivity index (χ4v) is 2.88. The van der Waals surface area contributed by atoms with Gasteiger partial charge in [-0.05, 0) is 62.7 Å². The highest BCUT2D eigenvalue weighted by atomic mass is 35.5. The highest BCUT2D eigenvalue weighted by Gasteiger charge is 2.18. The number of rotatable bonds is 4. The molecule has 0 bridgehead atoms. The molecule has 0 spiro atoms. The Balaban J connectivity index is 1.91. The second-order valence-corrected chi connectivity index (χ2v) is 6.93. The molecule has 0 unspecified atom stereocenters. The predicted molar refractivity (Wildman–Crippen MR) is 108 cm³/mol. The maximum atomic E-state index is 12.6. The van der Waals surface area contributed by atoms with Crippen LogP contribution in [0.15, 0.2) is 59.4 Å². The first-order valence-electron chi connectivity index (χ1n) is 8.59. The Morgan fingerprint density at radius 3 is 2.48 bits per heavy atom. The molecule has 0 radical (unpaired) electrons. The molecule has 0 aliphatic carbocycles. The molecule has 0 fully saturated rings. The van der Waals surface area contributed by atoms with Crippen LogP contribution in [0.25, 0.3) is 11.3 Å². The number of carbonyl (C=O) groups excluding carboxylic acids is 1. The predicted octanol–water partition coefficient (Wildman–Crippen LogP) is 4.38. The molecule has 3 aromatic rings. The summed E-state index contributed by atoms with van der Waals surface area (Å²) < 4.78 is 1.21. The van der Waals surface area contributed by atoms with E-state index in [-0.39, 0.29) is 11.5 Å². The molecule has 5 nitrogen and oxygen atoms in total. The number of hydrogen-bond donors (Lipinski definition) is 1. The summed E-state index contributed by atoms with van der Waals surface area (Å²) in [6.07, 6.45) is 0. The van der Waals surface area contributed by atoms with Crippen LogP contribution in [-0.4, -0.2) is 15.7 Å². The molecule has 1 aromatic heterocycles. The average Bonchev–Trinajstić information content (AvgIpc) is 2.65. The normalized spacial score (nSPS) is 11.9. The molecule has 0 saturated heterocycles. The van der Waals surface area contributed by atoms with E-state index in [9.17, 15) is 9.59 Å². The van der Waals surface area contributed by atoms with E-state index < -0.39 is 6.04 Å². The Bertz CT molecular complexity index is 1040. The van der Waals surface area contributed by atoms with Crippen molar-refractivity contribution in [3.05, 3.63) is 81.1 Å². The zero-order valence-corrected chi connectivity index (χ0v) is 16.1. The Morgan fingerprint density at radius 2 is 1.78 bits per heavy atom. The van der Waals surface area contributed by atoms with Crippen molar-refractivity contribution >= 4 is 23.2 Å². The van der Waals surface area contributed by atoms with E-state index in [0.29, 0.717) is 16.4 Å². The van der Waals surface area contributed by atoms with E-state index >= 15 is 0 Å². The number of carbonyl (C=O) groups is 1. The van der Waals surface area contributed by atoms with Crippen LogP contribution in [0.5, 0.6) is 0 Å². The number of amides is 1. The van der Waals surface area contributed by atoms with Gasteiger partial charge in [0.15, 0.2) is 0 Å². The van der Waals surface area contributed by atoms with Gasteiger partial charge in [-0.3, -0.25) is 9.59 Å². The summed E-state index contributed by atoms with van der Waals surface area (Å²) in [4.78, 5) is 24.9. The number of benzene rings is 2. The molecule has 1 N–H and O–H groups in total. The Hall–Kier alpha value is -2.92. The van der Waals surface area contributed by atoms with Crippen molar-refractivity contribution in [3.8, 4) is 11.3 Å². The minimum absolute atomic E-state index is 0.329. The molecular weight excluding hydrogens is 362 g/mol. The number of halogens is 1. The van der Waals surface area contributed by atoms with Crippen LogP contribution >= 0.6 is 11.6 Å². The lowest BCUT2D eigenvalue weighted by molar-refractivity contribution is -0.119.